The molecule has 4 bridgehead atoms. The zero-order chi connectivity index (χ0) is 21.5. The first-order valence-corrected chi connectivity index (χ1v) is 13.3. The van der Waals surface area contributed by atoms with Crippen molar-refractivity contribution in [3.05, 3.63) is 18.2 Å². The van der Waals surface area contributed by atoms with Crippen LogP contribution in [0.2, 0.25) is 0 Å². The fourth-order valence-electron chi connectivity index (χ4n) is 6.28. The van der Waals surface area contributed by atoms with Crippen molar-refractivity contribution in [2.75, 3.05) is 11.1 Å². The molecule has 2 N–H and O–H groups in total. The number of rotatable bonds is 6. The van der Waals surface area contributed by atoms with Gasteiger partial charge in [0.25, 0.3) is 0 Å². The molecule has 4 saturated carbocycles. The van der Waals surface area contributed by atoms with Gasteiger partial charge in [0, 0.05) is 24.3 Å². The second-order valence-electron chi connectivity index (χ2n) is 9.78. The van der Waals surface area contributed by atoms with Gasteiger partial charge in [0.1, 0.15) is 0 Å². The fourth-order valence-corrected chi connectivity index (χ4v) is 8.31. The summed E-state index contributed by atoms with van der Waals surface area (Å²) in [5, 5.41) is 14.2. The van der Waals surface area contributed by atoms with E-state index in [1.54, 1.807) is 23.1 Å². The first-order chi connectivity index (χ1) is 15.0. The summed E-state index contributed by atoms with van der Waals surface area (Å²) >= 11 is 3.43. The largest absolute Gasteiger partial charge is 0.390 e. The third kappa shape index (κ3) is 4.37. The van der Waals surface area contributed by atoms with Crippen LogP contribution in [0.3, 0.4) is 0 Å². The third-order valence-electron chi connectivity index (χ3n) is 7.09. The second-order valence-corrected chi connectivity index (χ2v) is 12.2. The molecule has 2 unspecified atom stereocenters. The van der Waals surface area contributed by atoms with Gasteiger partial charge in [-0.3, -0.25) is 4.79 Å². The second kappa shape index (κ2) is 8.42. The molecule has 0 spiro atoms. The van der Waals surface area contributed by atoms with Crippen LogP contribution in [0.25, 0.3) is 10.2 Å². The molecule has 0 aliphatic heterocycles. The standard InChI is InChI=1S/C25H30N2O2S2/c1-2-3-4-5-6-9-30-23-27-20-8-7-19(11-21(20)31-23)26-22(28)24-12-17-10-18(13-24)15-25(29,14-17)16-24/h7-8,11,17-18,29H,2-3,6,9-10,12-16H2,1H3,(H,26,28). The van der Waals surface area contributed by atoms with Crippen LogP contribution in [0.1, 0.15) is 64.7 Å². The molecule has 4 fully saturated rings. The molecule has 6 heteroatoms. The van der Waals surface area contributed by atoms with Crippen molar-refractivity contribution in [3.63, 3.8) is 0 Å². The number of thioether (sulfide) groups is 1. The summed E-state index contributed by atoms with van der Waals surface area (Å²) in [5.41, 5.74) is 0.815. The van der Waals surface area contributed by atoms with E-state index in [2.05, 4.69) is 24.1 Å². The lowest BCUT2D eigenvalue weighted by atomic mass is 9.47. The van der Waals surface area contributed by atoms with Gasteiger partial charge in [-0.2, -0.15) is 0 Å². The lowest BCUT2D eigenvalue weighted by Gasteiger charge is -2.59. The molecule has 4 nitrogen and oxygen atoms in total. The van der Waals surface area contributed by atoms with Crippen LogP contribution in [-0.4, -0.2) is 27.4 Å². The molecule has 164 valence electrons. The highest BCUT2D eigenvalue weighted by Gasteiger charge is 2.60. The molecule has 1 amide bonds. The summed E-state index contributed by atoms with van der Waals surface area (Å²) in [4.78, 5) is 18.1. The number of nitrogens with zero attached hydrogens (tertiary/aromatic N) is 1. The van der Waals surface area contributed by atoms with Crippen molar-refractivity contribution in [1.29, 1.82) is 0 Å². The molecule has 1 aromatic heterocycles. The topological polar surface area (TPSA) is 62.2 Å². The summed E-state index contributed by atoms with van der Waals surface area (Å²) in [5.74, 6) is 8.47. The predicted octanol–water partition coefficient (Wildman–Crippen LogP) is 5.85. The molecule has 31 heavy (non-hydrogen) atoms. The Bertz CT molecular complexity index is 1040. The zero-order valence-corrected chi connectivity index (χ0v) is 19.7. The SMILES string of the molecule is CCCC#CCCSc1nc2ccc(NC(=O)C34CC5CC(CC(O)(C5)C3)C4)cc2s1. The number of hydrogen-bond acceptors (Lipinski definition) is 5. The van der Waals surface area contributed by atoms with E-state index in [1.807, 2.05) is 18.2 Å². The van der Waals surface area contributed by atoms with Crippen molar-refractivity contribution < 1.29 is 9.90 Å². The number of thiazole rings is 1. The average Bonchev–Trinajstić information content (AvgIpc) is 3.11. The van der Waals surface area contributed by atoms with Gasteiger partial charge in [0.15, 0.2) is 4.34 Å². The summed E-state index contributed by atoms with van der Waals surface area (Å²) in [6.45, 7) is 2.15. The zero-order valence-electron chi connectivity index (χ0n) is 18.1. The lowest BCUT2D eigenvalue weighted by molar-refractivity contribution is -0.174. The lowest BCUT2D eigenvalue weighted by Crippen LogP contribution is -2.59. The number of carbonyl (C=O) groups excluding carboxylic acids is 1. The fraction of sp³-hybridized carbons (Fsp3) is 0.600. The van der Waals surface area contributed by atoms with Crippen LogP contribution in [-0.2, 0) is 4.79 Å². The highest BCUT2D eigenvalue weighted by molar-refractivity contribution is 8.01. The van der Waals surface area contributed by atoms with E-state index < -0.39 is 5.60 Å². The van der Waals surface area contributed by atoms with Crippen molar-refractivity contribution in [2.45, 2.75) is 74.7 Å². The van der Waals surface area contributed by atoms with E-state index in [4.69, 9.17) is 4.98 Å². The molecular formula is C25H30N2O2S2. The number of anilines is 1. The predicted molar refractivity (Wildman–Crippen MR) is 128 cm³/mol. The van der Waals surface area contributed by atoms with E-state index >= 15 is 0 Å². The Kier molecular flexibility index (Phi) is 5.79. The number of hydrogen-bond donors (Lipinski definition) is 2. The summed E-state index contributed by atoms with van der Waals surface area (Å²) < 4.78 is 2.15. The molecule has 0 saturated heterocycles. The quantitative estimate of drug-likeness (QED) is 0.326. The molecule has 1 aromatic carbocycles. The van der Waals surface area contributed by atoms with Gasteiger partial charge < -0.3 is 10.4 Å². The Morgan fingerprint density at radius 2 is 2.03 bits per heavy atom. The number of amides is 1. The maximum Gasteiger partial charge on any atom is 0.230 e. The van der Waals surface area contributed by atoms with E-state index in [-0.39, 0.29) is 11.3 Å². The monoisotopic (exact) mass is 454 g/mol. The first-order valence-electron chi connectivity index (χ1n) is 11.5. The van der Waals surface area contributed by atoms with Gasteiger partial charge in [-0.1, -0.05) is 18.7 Å². The smallest absolute Gasteiger partial charge is 0.230 e. The number of aliphatic hydroxyl groups is 1. The highest BCUT2D eigenvalue weighted by Crippen LogP contribution is 2.61. The molecule has 0 radical (unpaired) electrons. The van der Waals surface area contributed by atoms with Gasteiger partial charge in [0.2, 0.25) is 5.91 Å². The Balaban J connectivity index is 1.25. The van der Waals surface area contributed by atoms with Crippen LogP contribution >= 0.6 is 23.1 Å². The minimum Gasteiger partial charge on any atom is -0.390 e. The van der Waals surface area contributed by atoms with Crippen LogP contribution < -0.4 is 5.32 Å². The molecule has 6 rings (SSSR count). The third-order valence-corrected chi connectivity index (χ3v) is 9.25. The molecule has 2 atom stereocenters. The Morgan fingerprint density at radius 1 is 1.26 bits per heavy atom. The van der Waals surface area contributed by atoms with E-state index in [0.717, 1.165) is 70.9 Å². The number of aromatic nitrogens is 1. The minimum absolute atomic E-state index is 0.101. The van der Waals surface area contributed by atoms with Crippen molar-refractivity contribution in [3.8, 4) is 11.8 Å². The maximum atomic E-state index is 13.3. The van der Waals surface area contributed by atoms with Gasteiger partial charge in [0.05, 0.1) is 21.2 Å². The number of unbranched alkanes of at least 4 members (excludes halogenated alkanes) is 1. The van der Waals surface area contributed by atoms with E-state index in [9.17, 15) is 9.90 Å². The normalized spacial score (nSPS) is 30.9. The van der Waals surface area contributed by atoms with E-state index in [0.29, 0.717) is 18.3 Å². The Hall–Kier alpha value is -1.55. The van der Waals surface area contributed by atoms with Crippen LogP contribution in [0.15, 0.2) is 22.5 Å². The summed E-state index contributed by atoms with van der Waals surface area (Å²) in [6, 6.07) is 6.00. The minimum atomic E-state index is -0.615. The maximum absolute atomic E-state index is 13.3. The van der Waals surface area contributed by atoms with Gasteiger partial charge >= 0.3 is 0 Å². The number of carbonyl (C=O) groups is 1. The average molecular weight is 455 g/mol. The van der Waals surface area contributed by atoms with Crippen LogP contribution in [0.5, 0.6) is 0 Å². The Morgan fingerprint density at radius 3 is 2.77 bits per heavy atom. The number of benzene rings is 1. The van der Waals surface area contributed by atoms with Gasteiger partial charge in [-0.15, -0.1) is 23.2 Å². The number of nitrogens with one attached hydrogen (secondary N) is 1. The molecule has 4 aliphatic carbocycles. The number of fused-ring (bicyclic) bond motifs is 1. The molecule has 1 heterocycles. The van der Waals surface area contributed by atoms with E-state index in [1.165, 1.54) is 6.42 Å². The summed E-state index contributed by atoms with van der Waals surface area (Å²) in [7, 11) is 0. The van der Waals surface area contributed by atoms with Gasteiger partial charge in [-0.25, -0.2) is 4.98 Å². The van der Waals surface area contributed by atoms with Crippen molar-refractivity contribution >= 4 is 44.9 Å². The van der Waals surface area contributed by atoms with Crippen molar-refractivity contribution in [2.24, 2.45) is 17.3 Å². The first kappa shape index (κ1) is 21.3. The Labute approximate surface area is 192 Å². The molecule has 4 aliphatic rings. The van der Waals surface area contributed by atoms with Crippen molar-refractivity contribution in [1.82, 2.24) is 4.98 Å². The highest BCUT2D eigenvalue weighted by atomic mass is 32.2. The van der Waals surface area contributed by atoms with Crippen LogP contribution in [0, 0.1) is 29.1 Å². The van der Waals surface area contributed by atoms with Gasteiger partial charge in [-0.05, 0) is 75.0 Å². The summed E-state index contributed by atoms with van der Waals surface area (Å²) in [6.07, 6.45) is 8.43. The van der Waals surface area contributed by atoms with Crippen LogP contribution in [0.4, 0.5) is 5.69 Å². The molecular weight excluding hydrogens is 424 g/mol. The molecule has 2 aromatic rings.